The molecule has 0 fully saturated rings. The van der Waals surface area contributed by atoms with Crippen molar-refractivity contribution in [2.75, 3.05) is 25.4 Å². The summed E-state index contributed by atoms with van der Waals surface area (Å²) < 4.78 is 26.3. The fourth-order valence-electron chi connectivity index (χ4n) is 2.14. The second-order valence-electron chi connectivity index (χ2n) is 5.41. The molecule has 0 aliphatic heterocycles. The van der Waals surface area contributed by atoms with E-state index < -0.39 is 10.0 Å². The molecule has 0 aromatic rings. The molecule has 0 aromatic heterocycles. The van der Waals surface area contributed by atoms with Gasteiger partial charge in [-0.25, -0.2) is 12.7 Å². The topological polar surface area (TPSA) is 57.6 Å². The van der Waals surface area contributed by atoms with E-state index >= 15 is 0 Å². The van der Waals surface area contributed by atoms with Crippen molar-refractivity contribution in [1.82, 2.24) is 4.31 Å². The Balaban J connectivity index is 0. The number of halogens is 1. The van der Waals surface area contributed by atoms with Crippen LogP contribution in [0.25, 0.3) is 0 Å². The van der Waals surface area contributed by atoms with E-state index in [0.717, 1.165) is 38.5 Å². The van der Waals surface area contributed by atoms with Gasteiger partial charge in [-0.15, -0.1) is 0 Å². The Morgan fingerprint density at radius 1 is 0.810 bits per heavy atom. The third-order valence-corrected chi connectivity index (χ3v) is 5.43. The van der Waals surface area contributed by atoms with E-state index in [9.17, 15) is 8.42 Å². The molecule has 0 radical (unpaired) electrons. The third-order valence-electron chi connectivity index (χ3n) is 3.48. The van der Waals surface area contributed by atoms with Crippen molar-refractivity contribution in [1.29, 1.82) is 0 Å². The highest BCUT2D eigenvalue weighted by molar-refractivity contribution is 7.89. The van der Waals surface area contributed by atoms with Crippen molar-refractivity contribution in [3.8, 4) is 0 Å². The fourth-order valence-corrected chi connectivity index (χ4v) is 3.78. The van der Waals surface area contributed by atoms with E-state index in [0.29, 0.717) is 19.5 Å². The Hall–Kier alpha value is -0.200. The minimum Gasteiger partial charge on any atom is -0.396 e. The smallest absolute Gasteiger partial charge is 0.214 e. The van der Waals surface area contributed by atoms with E-state index in [1.807, 2.05) is 0 Å². The Morgan fingerprint density at radius 3 is 1.95 bits per heavy atom. The zero-order valence-electron chi connectivity index (χ0n) is 13.7. The summed E-state index contributed by atoms with van der Waals surface area (Å²) in [5, 5.41) is 8.81. The lowest BCUT2D eigenvalue weighted by Crippen LogP contribution is -2.35. The van der Waals surface area contributed by atoms with Gasteiger partial charge in [-0.2, -0.15) is 0 Å². The Labute approximate surface area is 130 Å². The predicted molar refractivity (Wildman–Crippen MR) is 87.8 cm³/mol. The molecule has 0 heterocycles. The van der Waals surface area contributed by atoms with Gasteiger partial charge in [-0.05, 0) is 25.7 Å². The van der Waals surface area contributed by atoms with Crippen LogP contribution < -0.4 is 0 Å². The van der Waals surface area contributed by atoms with E-state index in [-0.39, 0.29) is 17.1 Å². The molecule has 21 heavy (non-hydrogen) atoms. The number of aliphatic hydroxyl groups excluding tert-OH is 1. The van der Waals surface area contributed by atoms with Gasteiger partial charge in [-0.1, -0.05) is 46.0 Å². The number of nitrogens with zero attached hydrogens (tertiary/aromatic N) is 1. The third kappa shape index (κ3) is 12.1. The number of aliphatic hydroxyl groups is 1. The van der Waals surface area contributed by atoms with Gasteiger partial charge in [0.15, 0.2) is 0 Å². The largest absolute Gasteiger partial charge is 0.396 e. The molecule has 0 aromatic carbocycles. The molecule has 0 spiro atoms. The molecule has 6 heteroatoms. The highest BCUT2D eigenvalue weighted by Crippen LogP contribution is 2.11. The van der Waals surface area contributed by atoms with E-state index in [2.05, 4.69) is 13.8 Å². The monoisotopic (exact) mass is 327 g/mol. The van der Waals surface area contributed by atoms with Crippen LogP contribution in [0.5, 0.6) is 0 Å². The van der Waals surface area contributed by atoms with Crippen LogP contribution in [0.1, 0.15) is 71.6 Å². The first kappa shape index (κ1) is 23.1. The molecular formula is C15H34FNO3S. The minimum atomic E-state index is -3.11. The first-order valence-corrected chi connectivity index (χ1v) is 9.78. The molecule has 0 saturated heterocycles. The lowest BCUT2D eigenvalue weighted by molar-refractivity contribution is 0.276. The average Bonchev–Trinajstić information content (AvgIpc) is 2.42. The maximum Gasteiger partial charge on any atom is 0.214 e. The molecule has 0 bridgehead atoms. The molecule has 0 aliphatic rings. The number of rotatable bonds is 14. The maximum atomic E-state index is 12.3. The Bertz CT molecular complexity index is 310. The number of hydrogen-bond acceptors (Lipinski definition) is 3. The van der Waals surface area contributed by atoms with Gasteiger partial charge in [0.1, 0.15) is 0 Å². The summed E-state index contributed by atoms with van der Waals surface area (Å²) in [6.07, 6.45) is 8.61. The van der Waals surface area contributed by atoms with Crippen LogP contribution in [0.3, 0.4) is 0 Å². The Morgan fingerprint density at radius 2 is 1.38 bits per heavy atom. The standard InChI is InChI=1S/C15H33NO3S.FH/c1-3-5-7-8-11-15-20(18,19)16(12-6-4-2)13-9-10-14-17;/h17H,3-15H2,1-2H3;1H. The highest BCUT2D eigenvalue weighted by atomic mass is 32.2. The lowest BCUT2D eigenvalue weighted by Gasteiger charge is -2.22. The summed E-state index contributed by atoms with van der Waals surface area (Å²) in [5.74, 6) is 0.277. The summed E-state index contributed by atoms with van der Waals surface area (Å²) in [6, 6.07) is 0. The van der Waals surface area contributed by atoms with Gasteiger partial charge < -0.3 is 5.11 Å². The molecule has 4 nitrogen and oxygen atoms in total. The highest BCUT2D eigenvalue weighted by Gasteiger charge is 2.20. The van der Waals surface area contributed by atoms with Gasteiger partial charge in [0.2, 0.25) is 10.0 Å². The van der Waals surface area contributed by atoms with Crippen molar-refractivity contribution >= 4 is 10.0 Å². The van der Waals surface area contributed by atoms with Crippen LogP contribution in [-0.2, 0) is 10.0 Å². The van der Waals surface area contributed by atoms with E-state index in [4.69, 9.17) is 5.11 Å². The van der Waals surface area contributed by atoms with Crippen LogP contribution in [0.2, 0.25) is 0 Å². The van der Waals surface area contributed by atoms with Crippen molar-refractivity contribution in [3.05, 3.63) is 0 Å². The maximum absolute atomic E-state index is 12.3. The summed E-state index contributed by atoms with van der Waals surface area (Å²) in [5.41, 5.74) is 0. The van der Waals surface area contributed by atoms with Gasteiger partial charge >= 0.3 is 0 Å². The number of hydrogen-bond donors (Lipinski definition) is 1. The summed E-state index contributed by atoms with van der Waals surface area (Å²) in [6.45, 7) is 5.55. The first-order chi connectivity index (χ1) is 9.58. The van der Waals surface area contributed by atoms with Crippen molar-refractivity contribution in [3.63, 3.8) is 0 Å². The van der Waals surface area contributed by atoms with Crippen LogP contribution in [0.15, 0.2) is 0 Å². The van der Waals surface area contributed by atoms with Gasteiger partial charge in [0.25, 0.3) is 0 Å². The van der Waals surface area contributed by atoms with Crippen molar-refractivity contribution in [2.24, 2.45) is 0 Å². The molecule has 0 saturated carbocycles. The van der Waals surface area contributed by atoms with Crippen LogP contribution in [0, 0.1) is 0 Å². The first-order valence-electron chi connectivity index (χ1n) is 8.17. The van der Waals surface area contributed by atoms with Crippen LogP contribution in [0.4, 0.5) is 4.70 Å². The average molecular weight is 328 g/mol. The fraction of sp³-hybridized carbons (Fsp3) is 1.00. The normalized spacial score (nSPS) is 11.6. The zero-order valence-corrected chi connectivity index (χ0v) is 14.5. The minimum absolute atomic E-state index is 0. The Kier molecular flexibility index (Phi) is 16.2. The van der Waals surface area contributed by atoms with Crippen LogP contribution in [-0.4, -0.2) is 43.3 Å². The van der Waals surface area contributed by atoms with Crippen molar-refractivity contribution in [2.45, 2.75) is 71.6 Å². The molecule has 0 aliphatic carbocycles. The summed E-state index contributed by atoms with van der Waals surface area (Å²) in [7, 11) is -3.11. The molecule has 0 amide bonds. The molecule has 1 N–H and O–H groups in total. The number of sulfonamides is 1. The SMILES string of the molecule is CCCCCCCS(=O)(=O)N(CCCC)CCCCO.F. The zero-order chi connectivity index (χ0) is 15.3. The number of unbranched alkanes of at least 4 members (excludes halogenated alkanes) is 6. The van der Waals surface area contributed by atoms with Gasteiger partial charge in [-0.3, -0.25) is 4.70 Å². The van der Waals surface area contributed by atoms with Gasteiger partial charge in [0, 0.05) is 19.7 Å². The molecule has 0 atom stereocenters. The van der Waals surface area contributed by atoms with Gasteiger partial charge in [0.05, 0.1) is 5.75 Å². The summed E-state index contributed by atoms with van der Waals surface area (Å²) >= 11 is 0. The van der Waals surface area contributed by atoms with E-state index in [1.165, 1.54) is 12.8 Å². The van der Waals surface area contributed by atoms with Crippen LogP contribution >= 0.6 is 0 Å². The molecule has 0 unspecified atom stereocenters. The second kappa shape index (κ2) is 14.7. The molecular weight excluding hydrogens is 293 g/mol. The predicted octanol–water partition coefficient (Wildman–Crippen LogP) is 3.31. The molecule has 0 rings (SSSR count). The molecule has 130 valence electrons. The lowest BCUT2D eigenvalue weighted by atomic mass is 10.2. The summed E-state index contributed by atoms with van der Waals surface area (Å²) in [4.78, 5) is 0. The van der Waals surface area contributed by atoms with Crippen molar-refractivity contribution < 1.29 is 18.2 Å². The second-order valence-corrected chi connectivity index (χ2v) is 7.50. The quantitative estimate of drug-likeness (QED) is 0.498. The van der Waals surface area contributed by atoms with E-state index in [1.54, 1.807) is 4.31 Å².